The molecule has 2 aliphatic carbocycles. The molecule has 2 aromatic carbocycles. The van der Waals surface area contributed by atoms with E-state index in [1.807, 2.05) is 57.2 Å². The Bertz CT molecular complexity index is 1240. The molecule has 0 aliphatic heterocycles. The molecule has 0 radical (unpaired) electrons. The lowest BCUT2D eigenvalue weighted by Crippen LogP contribution is -2.45. The van der Waals surface area contributed by atoms with E-state index < -0.39 is 5.60 Å². The third-order valence-corrected chi connectivity index (χ3v) is 8.96. The van der Waals surface area contributed by atoms with Crippen molar-refractivity contribution in [3.63, 3.8) is 0 Å². The molecular formula is C39H62Cl2N4O4. The number of carbonyl (C=O) groups excluding carboxylic acids is 3. The van der Waals surface area contributed by atoms with Gasteiger partial charge in [0.1, 0.15) is 5.60 Å². The molecule has 3 amide bonds. The number of carbonyl (C=O) groups is 3. The molecule has 0 spiro atoms. The monoisotopic (exact) mass is 720 g/mol. The Morgan fingerprint density at radius 2 is 0.980 bits per heavy atom. The van der Waals surface area contributed by atoms with Gasteiger partial charge in [-0.3, -0.25) is 9.59 Å². The van der Waals surface area contributed by atoms with Gasteiger partial charge < -0.3 is 26.4 Å². The van der Waals surface area contributed by atoms with Crippen molar-refractivity contribution in [2.45, 2.75) is 154 Å². The molecule has 2 fully saturated rings. The molecule has 0 aromatic heterocycles. The molecule has 0 saturated heterocycles. The van der Waals surface area contributed by atoms with Crippen molar-refractivity contribution in [2.24, 2.45) is 5.73 Å². The van der Waals surface area contributed by atoms with E-state index in [9.17, 15) is 14.4 Å². The van der Waals surface area contributed by atoms with Gasteiger partial charge in [-0.2, -0.15) is 0 Å². The topological polar surface area (TPSA) is 123 Å². The standard InChI is InChI=1S/C22H34N2O3.C17H26N2O.2ClH/c1-5-6-7-16-8-10-17(11-9-16)20(25)23-18-12-14-19(15-13-18)24-21(26)27-22(2,3)4;1-2-3-4-13-5-7-14(8-6-13)17(20)19-16-11-9-15(18)10-12-16;;/h8-11,18-19H,5-7,12-15H2,1-4H3,(H,23,25)(H,24,26);5-8,15-16H,2-4,9-12,18H2,1H3,(H,19,20);2*1H. The third-order valence-electron chi connectivity index (χ3n) is 8.96. The normalized spacial score (nSPS) is 20.2. The van der Waals surface area contributed by atoms with Crippen LogP contribution in [0.3, 0.4) is 0 Å². The fraction of sp³-hybridized carbons (Fsp3) is 0.615. The predicted octanol–water partition coefficient (Wildman–Crippen LogP) is 8.47. The Morgan fingerprint density at radius 3 is 1.33 bits per heavy atom. The molecule has 0 bridgehead atoms. The largest absolute Gasteiger partial charge is 0.444 e. The van der Waals surface area contributed by atoms with E-state index in [-0.39, 0.29) is 54.8 Å². The van der Waals surface area contributed by atoms with Crippen LogP contribution in [0.4, 0.5) is 4.79 Å². The summed E-state index contributed by atoms with van der Waals surface area (Å²) in [6, 6.07) is 16.8. The Kier molecular flexibility index (Phi) is 20.6. The summed E-state index contributed by atoms with van der Waals surface area (Å²) >= 11 is 0. The van der Waals surface area contributed by atoms with Crippen LogP contribution < -0.4 is 21.7 Å². The SMILES string of the molecule is CCCCc1ccc(C(=O)NC2CCC(N)CC2)cc1.CCCCc1ccc(C(=O)NC2CCC(NC(=O)OC(C)(C)C)CC2)cc1.Cl.Cl. The van der Waals surface area contributed by atoms with E-state index >= 15 is 0 Å². The lowest BCUT2D eigenvalue weighted by atomic mass is 9.91. The number of unbranched alkanes of at least 4 members (excludes halogenated alkanes) is 2. The number of hydrogen-bond acceptors (Lipinski definition) is 5. The zero-order valence-corrected chi connectivity index (χ0v) is 32.0. The Labute approximate surface area is 307 Å². The number of rotatable bonds is 11. The van der Waals surface area contributed by atoms with Gasteiger partial charge in [0, 0.05) is 35.3 Å². The highest BCUT2D eigenvalue weighted by Crippen LogP contribution is 2.21. The van der Waals surface area contributed by atoms with Gasteiger partial charge in [-0.1, -0.05) is 51.0 Å². The molecule has 0 unspecified atom stereocenters. The first kappa shape index (κ1) is 44.2. The first-order valence-corrected chi connectivity index (χ1v) is 18.0. The maximum Gasteiger partial charge on any atom is 0.407 e. The summed E-state index contributed by atoms with van der Waals surface area (Å²) in [6.45, 7) is 9.94. The summed E-state index contributed by atoms with van der Waals surface area (Å²) in [6.07, 6.45) is 14.0. The average Bonchev–Trinajstić information content (AvgIpc) is 3.04. The zero-order valence-electron chi connectivity index (χ0n) is 30.4. The fourth-order valence-electron chi connectivity index (χ4n) is 6.06. The number of halogens is 2. The Morgan fingerprint density at radius 1 is 0.633 bits per heavy atom. The van der Waals surface area contributed by atoms with Gasteiger partial charge in [-0.25, -0.2) is 4.79 Å². The van der Waals surface area contributed by atoms with Crippen LogP contribution in [0.1, 0.15) is 144 Å². The highest BCUT2D eigenvalue weighted by molar-refractivity contribution is 5.95. The highest BCUT2D eigenvalue weighted by Gasteiger charge is 2.26. The molecule has 10 heteroatoms. The third kappa shape index (κ3) is 17.1. The number of hydrogen-bond donors (Lipinski definition) is 4. The van der Waals surface area contributed by atoms with Gasteiger partial charge in [-0.15, -0.1) is 24.8 Å². The second kappa shape index (κ2) is 22.8. The first-order chi connectivity index (χ1) is 22.5. The number of alkyl carbamates (subject to hydrolysis) is 1. The van der Waals surface area contributed by atoms with Crippen LogP contribution in [-0.2, 0) is 17.6 Å². The first-order valence-electron chi connectivity index (χ1n) is 18.0. The van der Waals surface area contributed by atoms with Gasteiger partial charge in [0.05, 0.1) is 0 Å². The smallest absolute Gasteiger partial charge is 0.407 e. The van der Waals surface area contributed by atoms with Crippen LogP contribution in [0.2, 0.25) is 0 Å². The Hall–Kier alpha value is -2.81. The number of nitrogens with one attached hydrogen (secondary N) is 3. The molecule has 0 heterocycles. The van der Waals surface area contributed by atoms with Crippen LogP contribution in [0, 0.1) is 0 Å². The van der Waals surface area contributed by atoms with Gasteiger partial charge in [-0.05, 0) is 133 Å². The molecule has 2 saturated carbocycles. The zero-order chi connectivity index (χ0) is 34.2. The second-order valence-corrected chi connectivity index (χ2v) is 14.4. The predicted molar refractivity (Wildman–Crippen MR) is 205 cm³/mol. The van der Waals surface area contributed by atoms with Crippen LogP contribution in [-0.4, -0.2) is 47.7 Å². The summed E-state index contributed by atoms with van der Waals surface area (Å²) in [7, 11) is 0. The van der Waals surface area contributed by atoms with E-state index in [0.717, 1.165) is 69.8 Å². The summed E-state index contributed by atoms with van der Waals surface area (Å²) in [5, 5.41) is 9.18. The summed E-state index contributed by atoms with van der Waals surface area (Å²) in [4.78, 5) is 36.5. The summed E-state index contributed by atoms with van der Waals surface area (Å²) in [5.74, 6) is 0.0353. The van der Waals surface area contributed by atoms with E-state index in [2.05, 4.69) is 41.9 Å². The highest BCUT2D eigenvalue weighted by atomic mass is 35.5. The number of aryl methyl sites for hydroxylation is 2. The van der Waals surface area contributed by atoms with Crippen molar-refractivity contribution < 1.29 is 19.1 Å². The number of benzene rings is 2. The number of amides is 3. The van der Waals surface area contributed by atoms with Gasteiger partial charge in [0.15, 0.2) is 0 Å². The quantitative estimate of drug-likeness (QED) is 0.186. The van der Waals surface area contributed by atoms with Crippen molar-refractivity contribution in [3.05, 3.63) is 70.8 Å². The van der Waals surface area contributed by atoms with E-state index in [4.69, 9.17) is 10.5 Å². The molecule has 4 rings (SSSR count). The molecule has 2 aromatic rings. The van der Waals surface area contributed by atoms with Crippen molar-refractivity contribution in [3.8, 4) is 0 Å². The van der Waals surface area contributed by atoms with Crippen LogP contribution in [0.25, 0.3) is 0 Å². The maximum absolute atomic E-state index is 12.5. The minimum atomic E-state index is -0.485. The van der Waals surface area contributed by atoms with Crippen molar-refractivity contribution in [1.29, 1.82) is 0 Å². The molecule has 276 valence electrons. The molecule has 0 atom stereocenters. The minimum absolute atomic E-state index is 0. The van der Waals surface area contributed by atoms with Gasteiger partial charge >= 0.3 is 6.09 Å². The minimum Gasteiger partial charge on any atom is -0.444 e. The van der Waals surface area contributed by atoms with Crippen LogP contribution in [0.15, 0.2) is 48.5 Å². The van der Waals surface area contributed by atoms with Crippen molar-refractivity contribution in [1.82, 2.24) is 16.0 Å². The lowest BCUT2D eigenvalue weighted by molar-refractivity contribution is 0.0487. The maximum atomic E-state index is 12.5. The number of ether oxygens (including phenoxy) is 1. The lowest BCUT2D eigenvalue weighted by Gasteiger charge is -2.30. The second-order valence-electron chi connectivity index (χ2n) is 14.4. The van der Waals surface area contributed by atoms with E-state index in [1.165, 1.54) is 36.8 Å². The van der Waals surface area contributed by atoms with Gasteiger partial charge in [0.25, 0.3) is 11.8 Å². The van der Waals surface area contributed by atoms with Crippen molar-refractivity contribution >= 4 is 42.7 Å². The Balaban J connectivity index is 0.000000489. The average molecular weight is 722 g/mol. The number of nitrogens with two attached hydrogens (primary N) is 1. The fourth-order valence-corrected chi connectivity index (χ4v) is 6.06. The molecule has 49 heavy (non-hydrogen) atoms. The van der Waals surface area contributed by atoms with Crippen molar-refractivity contribution in [2.75, 3.05) is 0 Å². The summed E-state index contributed by atoms with van der Waals surface area (Å²) < 4.78 is 5.30. The van der Waals surface area contributed by atoms with E-state index in [1.54, 1.807) is 0 Å². The van der Waals surface area contributed by atoms with E-state index in [0.29, 0.717) is 17.6 Å². The van der Waals surface area contributed by atoms with Gasteiger partial charge in [0.2, 0.25) is 0 Å². The summed E-state index contributed by atoms with van der Waals surface area (Å²) in [5.41, 5.74) is 9.47. The molecular weight excluding hydrogens is 659 g/mol. The van der Waals surface area contributed by atoms with Crippen LogP contribution >= 0.6 is 24.8 Å². The molecule has 8 nitrogen and oxygen atoms in total. The molecule has 5 N–H and O–H groups in total. The van der Waals surface area contributed by atoms with Crippen LogP contribution in [0.5, 0.6) is 0 Å². The molecule has 2 aliphatic rings.